The summed E-state index contributed by atoms with van der Waals surface area (Å²) >= 11 is 0. The molecule has 0 unspecified atom stereocenters. The van der Waals surface area contributed by atoms with Gasteiger partial charge in [-0.1, -0.05) is 85.9 Å². The van der Waals surface area contributed by atoms with Crippen LogP contribution in [0, 0.1) is 17.7 Å². The van der Waals surface area contributed by atoms with Crippen molar-refractivity contribution in [2.45, 2.75) is 32.6 Å². The largest absolute Gasteiger partial charge is 0.206 e. The summed E-state index contributed by atoms with van der Waals surface area (Å²) in [5.41, 5.74) is 6.33. The summed E-state index contributed by atoms with van der Waals surface area (Å²) in [5, 5.41) is 1.56. The third-order valence-electron chi connectivity index (χ3n) is 5.71. The van der Waals surface area contributed by atoms with Gasteiger partial charge in [-0.05, 0) is 71.2 Å². The molecule has 0 aromatic heterocycles. The van der Waals surface area contributed by atoms with Crippen LogP contribution in [0.15, 0.2) is 91.5 Å². The SMILES string of the molecule is C=CCCc1ccc(-c2ccc(C#Cc3ccc4c(F)c(CCC)ccc4c3)cc2)cc1. The first-order valence-corrected chi connectivity index (χ1v) is 11.2. The molecule has 0 aliphatic rings. The Morgan fingerprint density at radius 2 is 1.44 bits per heavy atom. The van der Waals surface area contributed by atoms with E-state index in [0.29, 0.717) is 5.39 Å². The highest BCUT2D eigenvalue weighted by Gasteiger charge is 2.07. The van der Waals surface area contributed by atoms with Crippen molar-refractivity contribution in [3.63, 3.8) is 0 Å². The Hall–Kier alpha value is -3.63. The molecule has 0 fully saturated rings. The number of hydrogen-bond donors (Lipinski definition) is 0. The number of aryl methyl sites for hydroxylation is 2. The van der Waals surface area contributed by atoms with Crippen LogP contribution in [0.25, 0.3) is 21.9 Å². The summed E-state index contributed by atoms with van der Waals surface area (Å²) in [6.45, 7) is 5.85. The van der Waals surface area contributed by atoms with Crippen molar-refractivity contribution in [1.82, 2.24) is 0 Å². The van der Waals surface area contributed by atoms with Crippen molar-refractivity contribution in [2.75, 3.05) is 0 Å². The molecule has 1 heteroatoms. The van der Waals surface area contributed by atoms with Gasteiger partial charge in [0.2, 0.25) is 0 Å². The minimum absolute atomic E-state index is 0.104. The number of benzene rings is 4. The summed E-state index contributed by atoms with van der Waals surface area (Å²) in [6.07, 6.45) is 5.68. The highest BCUT2D eigenvalue weighted by atomic mass is 19.1. The fraction of sp³-hybridized carbons (Fsp3) is 0.161. The van der Waals surface area contributed by atoms with Gasteiger partial charge < -0.3 is 0 Å². The zero-order chi connectivity index (χ0) is 22.3. The first-order chi connectivity index (χ1) is 15.7. The molecule has 0 amide bonds. The molecule has 4 aromatic carbocycles. The maximum Gasteiger partial charge on any atom is 0.134 e. The Morgan fingerprint density at radius 1 is 0.781 bits per heavy atom. The van der Waals surface area contributed by atoms with E-state index in [4.69, 9.17) is 0 Å². The molecule has 0 heterocycles. The van der Waals surface area contributed by atoms with E-state index in [0.717, 1.165) is 47.8 Å². The number of fused-ring (bicyclic) bond motifs is 1. The van der Waals surface area contributed by atoms with Crippen molar-refractivity contribution >= 4 is 10.8 Å². The van der Waals surface area contributed by atoms with E-state index in [1.807, 2.05) is 48.5 Å². The monoisotopic (exact) mass is 418 g/mol. The molecule has 0 saturated heterocycles. The zero-order valence-corrected chi connectivity index (χ0v) is 18.5. The van der Waals surface area contributed by atoms with Gasteiger partial charge in [0.05, 0.1) is 0 Å². The second-order valence-corrected chi connectivity index (χ2v) is 8.08. The molecule has 0 spiro atoms. The maximum absolute atomic E-state index is 14.7. The molecule has 4 rings (SSSR count). The molecule has 4 aromatic rings. The van der Waals surface area contributed by atoms with Crippen LogP contribution in [0.5, 0.6) is 0 Å². The first kappa shape index (κ1) is 21.6. The van der Waals surface area contributed by atoms with E-state index < -0.39 is 0 Å². The van der Waals surface area contributed by atoms with E-state index in [9.17, 15) is 4.39 Å². The number of halogens is 1. The highest BCUT2D eigenvalue weighted by Crippen LogP contribution is 2.24. The molecule has 0 bridgehead atoms. The van der Waals surface area contributed by atoms with Gasteiger partial charge in [-0.2, -0.15) is 0 Å². The van der Waals surface area contributed by atoms with Gasteiger partial charge >= 0.3 is 0 Å². The number of hydrogen-bond acceptors (Lipinski definition) is 0. The minimum Gasteiger partial charge on any atom is -0.206 e. The molecule has 0 radical (unpaired) electrons. The normalized spacial score (nSPS) is 10.6. The van der Waals surface area contributed by atoms with Crippen LogP contribution in [0.3, 0.4) is 0 Å². The van der Waals surface area contributed by atoms with Crippen LogP contribution in [0.4, 0.5) is 4.39 Å². The summed E-state index contributed by atoms with van der Waals surface area (Å²) in [6, 6.07) is 26.6. The molecular formula is C31H27F. The van der Waals surface area contributed by atoms with E-state index in [2.05, 4.69) is 61.7 Å². The van der Waals surface area contributed by atoms with Crippen molar-refractivity contribution in [3.8, 4) is 23.0 Å². The molecule has 0 N–H and O–H groups in total. The topological polar surface area (TPSA) is 0 Å². The van der Waals surface area contributed by atoms with E-state index in [-0.39, 0.29) is 5.82 Å². The van der Waals surface area contributed by atoms with E-state index >= 15 is 0 Å². The summed E-state index contributed by atoms with van der Waals surface area (Å²) < 4.78 is 14.7. The predicted molar refractivity (Wildman–Crippen MR) is 134 cm³/mol. The third-order valence-corrected chi connectivity index (χ3v) is 5.71. The smallest absolute Gasteiger partial charge is 0.134 e. The van der Waals surface area contributed by atoms with E-state index in [1.165, 1.54) is 16.7 Å². The van der Waals surface area contributed by atoms with Crippen LogP contribution >= 0.6 is 0 Å². The van der Waals surface area contributed by atoms with Gasteiger partial charge in [-0.15, -0.1) is 6.58 Å². The molecule has 32 heavy (non-hydrogen) atoms. The second kappa shape index (κ2) is 10.1. The Morgan fingerprint density at radius 3 is 2.12 bits per heavy atom. The minimum atomic E-state index is -0.104. The molecule has 0 atom stereocenters. The summed E-state index contributed by atoms with van der Waals surface area (Å²) in [4.78, 5) is 0. The van der Waals surface area contributed by atoms with Crippen molar-refractivity contribution in [2.24, 2.45) is 0 Å². The molecule has 0 aliphatic carbocycles. The lowest BCUT2D eigenvalue weighted by Gasteiger charge is -2.06. The van der Waals surface area contributed by atoms with Crippen molar-refractivity contribution in [1.29, 1.82) is 0 Å². The standard InChI is InChI=1S/C31H27F/c1-3-5-7-23-10-15-26(16-11-23)27-17-12-24(13-18-27)8-9-25-14-21-30-29(22-25)20-19-28(6-4-2)31(30)32/h3,10-22H,1,4-7H2,2H3. The zero-order valence-electron chi connectivity index (χ0n) is 18.5. The Kier molecular flexibility index (Phi) is 6.83. The molecule has 0 aliphatic heterocycles. The molecule has 0 nitrogen and oxygen atoms in total. The van der Waals surface area contributed by atoms with Crippen molar-refractivity contribution in [3.05, 3.63) is 120 Å². The second-order valence-electron chi connectivity index (χ2n) is 8.08. The Bertz CT molecular complexity index is 1280. The molecule has 0 saturated carbocycles. The number of allylic oxidation sites excluding steroid dienone is 1. The first-order valence-electron chi connectivity index (χ1n) is 11.2. The summed E-state index contributed by atoms with van der Waals surface area (Å²) in [7, 11) is 0. The van der Waals surface area contributed by atoms with Crippen LogP contribution < -0.4 is 0 Å². The van der Waals surface area contributed by atoms with E-state index in [1.54, 1.807) is 0 Å². The Balaban J connectivity index is 1.50. The van der Waals surface area contributed by atoms with Gasteiger partial charge in [-0.3, -0.25) is 0 Å². The predicted octanol–water partition coefficient (Wildman–Crippen LogP) is 8.12. The number of rotatable bonds is 6. The maximum atomic E-state index is 14.7. The average Bonchev–Trinajstić information content (AvgIpc) is 2.84. The molecular weight excluding hydrogens is 391 g/mol. The van der Waals surface area contributed by atoms with Crippen LogP contribution in [0.2, 0.25) is 0 Å². The van der Waals surface area contributed by atoms with Crippen LogP contribution in [0.1, 0.15) is 42.0 Å². The van der Waals surface area contributed by atoms with Crippen molar-refractivity contribution < 1.29 is 4.39 Å². The lowest BCUT2D eigenvalue weighted by atomic mass is 10.0. The quantitative estimate of drug-likeness (QED) is 0.219. The highest BCUT2D eigenvalue weighted by molar-refractivity contribution is 5.85. The molecule has 158 valence electrons. The lowest BCUT2D eigenvalue weighted by Crippen LogP contribution is -1.91. The van der Waals surface area contributed by atoms with Gasteiger partial charge in [0.25, 0.3) is 0 Å². The van der Waals surface area contributed by atoms with Gasteiger partial charge in [0, 0.05) is 16.5 Å². The fourth-order valence-corrected chi connectivity index (χ4v) is 3.90. The fourth-order valence-electron chi connectivity index (χ4n) is 3.90. The lowest BCUT2D eigenvalue weighted by molar-refractivity contribution is 0.619. The van der Waals surface area contributed by atoms with Gasteiger partial charge in [0.1, 0.15) is 5.82 Å². The third kappa shape index (κ3) is 4.98. The Labute approximate surface area is 190 Å². The van der Waals surface area contributed by atoms with Crippen LogP contribution in [-0.2, 0) is 12.8 Å². The van der Waals surface area contributed by atoms with Crippen LogP contribution in [-0.4, -0.2) is 0 Å². The average molecular weight is 419 g/mol. The van der Waals surface area contributed by atoms with Gasteiger partial charge in [-0.25, -0.2) is 4.39 Å². The summed E-state index contributed by atoms with van der Waals surface area (Å²) in [5.74, 6) is 6.34. The van der Waals surface area contributed by atoms with Gasteiger partial charge in [0.15, 0.2) is 0 Å².